The number of carbonyl (C=O) groups is 1. The van der Waals surface area contributed by atoms with Gasteiger partial charge in [0.2, 0.25) is 5.91 Å². The lowest BCUT2D eigenvalue weighted by atomic mass is 9.87. The summed E-state index contributed by atoms with van der Waals surface area (Å²) in [5.74, 6) is -1.63. The molecular formula is C23H24F2N2O. The largest absolute Gasteiger partial charge is 0.356 e. The van der Waals surface area contributed by atoms with Crippen molar-refractivity contribution in [3.05, 3.63) is 70.4 Å². The number of fused-ring (bicyclic) bond motifs is 3. The summed E-state index contributed by atoms with van der Waals surface area (Å²) in [5.41, 5.74) is 3.09. The second-order valence-electron chi connectivity index (χ2n) is 8.06. The average Bonchev–Trinajstić information content (AvgIpc) is 2.98. The van der Waals surface area contributed by atoms with Crippen molar-refractivity contribution in [3.63, 3.8) is 0 Å². The highest BCUT2D eigenvalue weighted by molar-refractivity contribution is 5.87. The standard InChI is InChI=1S/C23H24F2N2O/c1-12(2)23(28)27-14(4)11-16-15-7-5-6-8-19(15)26-21(16)22(27)20-17(24)9-13(3)10-18(20)25/h5-10,12,14,22,26H,11H2,1-4H3/t14?,22-/m1/s1. The summed E-state index contributed by atoms with van der Waals surface area (Å²) < 4.78 is 30.0. The summed E-state index contributed by atoms with van der Waals surface area (Å²) in [5, 5.41) is 1.04. The molecule has 5 heteroatoms. The number of H-pyrrole nitrogens is 1. The normalized spacial score (nSPS) is 19.3. The molecule has 4 rings (SSSR count). The van der Waals surface area contributed by atoms with Crippen molar-refractivity contribution in [1.29, 1.82) is 0 Å². The van der Waals surface area contributed by atoms with Gasteiger partial charge in [0, 0.05) is 28.6 Å². The zero-order chi connectivity index (χ0) is 20.2. The number of halogens is 2. The van der Waals surface area contributed by atoms with E-state index in [1.54, 1.807) is 11.8 Å². The van der Waals surface area contributed by atoms with Crippen LogP contribution in [0.3, 0.4) is 0 Å². The molecule has 0 spiro atoms. The van der Waals surface area contributed by atoms with Crippen LogP contribution < -0.4 is 0 Å². The molecule has 3 nitrogen and oxygen atoms in total. The maximum Gasteiger partial charge on any atom is 0.226 e. The van der Waals surface area contributed by atoms with Gasteiger partial charge in [-0.05, 0) is 49.6 Å². The first kappa shape index (κ1) is 18.7. The number of hydrogen-bond acceptors (Lipinski definition) is 1. The van der Waals surface area contributed by atoms with Crippen LogP contribution in [0.15, 0.2) is 36.4 Å². The van der Waals surface area contributed by atoms with Gasteiger partial charge in [-0.15, -0.1) is 0 Å². The van der Waals surface area contributed by atoms with E-state index in [-0.39, 0.29) is 23.4 Å². The second-order valence-corrected chi connectivity index (χ2v) is 8.06. The highest BCUT2D eigenvalue weighted by Gasteiger charge is 2.41. The number of nitrogens with zero attached hydrogens (tertiary/aromatic N) is 1. The molecule has 0 bridgehead atoms. The molecule has 0 saturated heterocycles. The molecule has 0 saturated carbocycles. The monoisotopic (exact) mass is 382 g/mol. The summed E-state index contributed by atoms with van der Waals surface area (Å²) in [4.78, 5) is 18.1. The number of benzene rings is 2. The maximum absolute atomic E-state index is 15.0. The summed E-state index contributed by atoms with van der Waals surface area (Å²) in [7, 11) is 0. The predicted molar refractivity (Wildman–Crippen MR) is 106 cm³/mol. The van der Waals surface area contributed by atoms with Gasteiger partial charge >= 0.3 is 0 Å². The number of rotatable bonds is 2. The lowest BCUT2D eigenvalue weighted by Crippen LogP contribution is -2.48. The smallest absolute Gasteiger partial charge is 0.226 e. The quantitative estimate of drug-likeness (QED) is 0.644. The number of aromatic nitrogens is 1. The molecule has 2 aromatic carbocycles. The van der Waals surface area contributed by atoms with Crippen molar-refractivity contribution in [1.82, 2.24) is 9.88 Å². The summed E-state index contributed by atoms with van der Waals surface area (Å²) in [6.07, 6.45) is 0.642. The third-order valence-corrected chi connectivity index (χ3v) is 5.62. The fourth-order valence-corrected chi connectivity index (χ4v) is 4.36. The second kappa shape index (κ2) is 6.73. The number of amides is 1. The van der Waals surface area contributed by atoms with Crippen LogP contribution in [-0.2, 0) is 11.2 Å². The Morgan fingerprint density at radius 3 is 2.46 bits per heavy atom. The molecule has 1 aliphatic heterocycles. The van der Waals surface area contributed by atoms with E-state index in [2.05, 4.69) is 4.98 Å². The first-order valence-electron chi connectivity index (χ1n) is 9.66. The van der Waals surface area contributed by atoms with Crippen LogP contribution in [0, 0.1) is 24.5 Å². The van der Waals surface area contributed by atoms with Crippen molar-refractivity contribution in [2.24, 2.45) is 5.92 Å². The molecular weight excluding hydrogens is 358 g/mol. The maximum atomic E-state index is 15.0. The highest BCUT2D eigenvalue weighted by atomic mass is 19.1. The lowest BCUT2D eigenvalue weighted by molar-refractivity contribution is -0.139. The topological polar surface area (TPSA) is 36.1 Å². The molecule has 0 radical (unpaired) electrons. The minimum absolute atomic E-state index is 0.0704. The van der Waals surface area contributed by atoms with Gasteiger partial charge in [0.25, 0.3) is 0 Å². The third kappa shape index (κ3) is 2.81. The number of hydrogen-bond donors (Lipinski definition) is 1. The predicted octanol–water partition coefficient (Wildman–Crippen LogP) is 5.27. The van der Waals surface area contributed by atoms with E-state index >= 15 is 8.78 Å². The van der Waals surface area contributed by atoms with Crippen LogP contribution in [0.1, 0.15) is 49.2 Å². The minimum Gasteiger partial charge on any atom is -0.356 e. The van der Waals surface area contributed by atoms with Crippen LogP contribution in [-0.4, -0.2) is 21.8 Å². The Hall–Kier alpha value is -2.69. The molecule has 1 unspecified atom stereocenters. The molecule has 1 amide bonds. The molecule has 1 aliphatic rings. The Bertz CT molecular complexity index is 1050. The van der Waals surface area contributed by atoms with Crippen molar-refractivity contribution in [2.75, 3.05) is 0 Å². The summed E-state index contributed by atoms with van der Waals surface area (Å²) in [6, 6.07) is 9.51. The van der Waals surface area contributed by atoms with Crippen LogP contribution in [0.25, 0.3) is 10.9 Å². The van der Waals surface area contributed by atoms with Crippen LogP contribution >= 0.6 is 0 Å². The van der Waals surface area contributed by atoms with Crippen molar-refractivity contribution in [3.8, 4) is 0 Å². The first-order valence-corrected chi connectivity index (χ1v) is 9.66. The molecule has 146 valence electrons. The van der Waals surface area contributed by atoms with Gasteiger partial charge in [-0.3, -0.25) is 4.79 Å². The number of nitrogens with one attached hydrogen (secondary N) is 1. The molecule has 3 aromatic rings. The van der Waals surface area contributed by atoms with E-state index in [4.69, 9.17) is 0 Å². The molecule has 1 N–H and O–H groups in total. The highest BCUT2D eigenvalue weighted by Crippen LogP contribution is 2.43. The van der Waals surface area contributed by atoms with Gasteiger partial charge in [-0.25, -0.2) is 8.78 Å². The molecule has 2 atom stereocenters. The van der Waals surface area contributed by atoms with Gasteiger partial charge in [0.1, 0.15) is 17.7 Å². The molecule has 28 heavy (non-hydrogen) atoms. The van der Waals surface area contributed by atoms with E-state index in [1.807, 2.05) is 45.0 Å². The number of aryl methyl sites for hydroxylation is 1. The molecule has 1 aromatic heterocycles. The zero-order valence-corrected chi connectivity index (χ0v) is 16.5. The van der Waals surface area contributed by atoms with Crippen molar-refractivity contribution < 1.29 is 13.6 Å². The average molecular weight is 382 g/mol. The fraction of sp³-hybridized carbons (Fsp3) is 0.348. The Kier molecular flexibility index (Phi) is 4.48. The SMILES string of the molecule is Cc1cc(F)c([C@@H]2c3[nH]c4ccccc4c3CC(C)N2C(=O)C(C)C)c(F)c1. The van der Waals surface area contributed by atoms with E-state index in [0.29, 0.717) is 17.7 Å². The zero-order valence-electron chi connectivity index (χ0n) is 16.5. The number of aromatic amines is 1. The lowest BCUT2D eigenvalue weighted by Gasteiger charge is -2.42. The van der Waals surface area contributed by atoms with E-state index in [9.17, 15) is 4.79 Å². The van der Waals surface area contributed by atoms with E-state index in [1.165, 1.54) is 12.1 Å². The Balaban J connectivity index is 2.02. The van der Waals surface area contributed by atoms with Crippen LogP contribution in [0.4, 0.5) is 8.78 Å². The van der Waals surface area contributed by atoms with Crippen molar-refractivity contribution in [2.45, 2.75) is 46.2 Å². The Morgan fingerprint density at radius 1 is 1.18 bits per heavy atom. The van der Waals surface area contributed by atoms with E-state index in [0.717, 1.165) is 16.5 Å². The van der Waals surface area contributed by atoms with Gasteiger partial charge in [-0.2, -0.15) is 0 Å². The summed E-state index contributed by atoms with van der Waals surface area (Å²) in [6.45, 7) is 7.23. The molecule has 0 aliphatic carbocycles. The van der Waals surface area contributed by atoms with E-state index < -0.39 is 17.7 Å². The Labute approximate surface area is 163 Å². The molecule has 0 fully saturated rings. The first-order chi connectivity index (χ1) is 13.3. The van der Waals surface area contributed by atoms with Gasteiger partial charge in [0.15, 0.2) is 0 Å². The van der Waals surface area contributed by atoms with Gasteiger partial charge in [-0.1, -0.05) is 32.0 Å². The van der Waals surface area contributed by atoms with Gasteiger partial charge < -0.3 is 9.88 Å². The van der Waals surface area contributed by atoms with Gasteiger partial charge in [0.05, 0.1) is 5.56 Å². The van der Waals surface area contributed by atoms with Crippen molar-refractivity contribution >= 4 is 16.8 Å². The van der Waals surface area contributed by atoms with Crippen LogP contribution in [0.2, 0.25) is 0 Å². The van der Waals surface area contributed by atoms with Crippen LogP contribution in [0.5, 0.6) is 0 Å². The molecule has 2 heterocycles. The number of carbonyl (C=O) groups excluding carboxylic acids is 1. The minimum atomic E-state index is -0.818. The fourth-order valence-electron chi connectivity index (χ4n) is 4.36. The Morgan fingerprint density at radius 2 is 1.82 bits per heavy atom. The third-order valence-electron chi connectivity index (χ3n) is 5.62. The summed E-state index contributed by atoms with van der Waals surface area (Å²) >= 11 is 0. The number of para-hydroxylation sites is 1.